The highest BCUT2D eigenvalue weighted by atomic mass is 16.2. The summed E-state index contributed by atoms with van der Waals surface area (Å²) in [6.07, 6.45) is 12.3. The zero-order valence-electron chi connectivity index (χ0n) is 12.4. The van der Waals surface area contributed by atoms with E-state index in [4.69, 9.17) is 0 Å². The molecule has 5 aliphatic carbocycles. The van der Waals surface area contributed by atoms with E-state index in [1.807, 2.05) is 0 Å². The lowest BCUT2D eigenvalue weighted by Crippen LogP contribution is -2.57. The van der Waals surface area contributed by atoms with E-state index in [1.54, 1.807) is 0 Å². The summed E-state index contributed by atoms with van der Waals surface area (Å²) in [5, 5.41) is 6.47. The van der Waals surface area contributed by atoms with Crippen molar-refractivity contribution in [1.82, 2.24) is 10.6 Å². The molecule has 3 nitrogen and oxygen atoms in total. The Morgan fingerprint density at radius 2 is 1.50 bits per heavy atom. The van der Waals surface area contributed by atoms with Gasteiger partial charge in [-0.3, -0.25) is 0 Å². The molecule has 0 aromatic carbocycles. The first-order valence-electron chi connectivity index (χ1n) is 8.82. The van der Waals surface area contributed by atoms with Crippen LogP contribution < -0.4 is 10.6 Å². The van der Waals surface area contributed by atoms with Gasteiger partial charge < -0.3 is 10.6 Å². The van der Waals surface area contributed by atoms with E-state index in [0.717, 1.165) is 36.1 Å². The van der Waals surface area contributed by atoms with Crippen molar-refractivity contribution < 1.29 is 4.79 Å². The topological polar surface area (TPSA) is 41.1 Å². The summed E-state index contributed by atoms with van der Waals surface area (Å²) in [5.74, 6) is 4.26. The molecule has 5 fully saturated rings. The predicted molar refractivity (Wildman–Crippen MR) is 79.3 cm³/mol. The van der Waals surface area contributed by atoms with Crippen LogP contribution in [0, 0.1) is 29.6 Å². The summed E-state index contributed by atoms with van der Waals surface area (Å²) in [5.41, 5.74) is 0. The molecule has 0 heterocycles. The van der Waals surface area contributed by atoms with Crippen molar-refractivity contribution in [2.75, 3.05) is 6.54 Å². The first-order valence-corrected chi connectivity index (χ1v) is 8.82. The Hall–Kier alpha value is -0.730. The summed E-state index contributed by atoms with van der Waals surface area (Å²) < 4.78 is 0. The van der Waals surface area contributed by atoms with Gasteiger partial charge in [0.1, 0.15) is 0 Å². The van der Waals surface area contributed by atoms with E-state index < -0.39 is 0 Å². The van der Waals surface area contributed by atoms with Crippen LogP contribution in [0.15, 0.2) is 0 Å². The van der Waals surface area contributed by atoms with E-state index in [-0.39, 0.29) is 6.03 Å². The van der Waals surface area contributed by atoms with Crippen LogP contribution in [0.4, 0.5) is 4.79 Å². The highest BCUT2D eigenvalue weighted by molar-refractivity contribution is 5.74. The lowest BCUT2D eigenvalue weighted by molar-refractivity contribution is -0.00943. The van der Waals surface area contributed by atoms with Crippen LogP contribution in [0.1, 0.15) is 57.8 Å². The van der Waals surface area contributed by atoms with Crippen molar-refractivity contribution >= 4 is 6.03 Å². The molecule has 20 heavy (non-hydrogen) atoms. The number of hydrogen-bond acceptors (Lipinski definition) is 1. The highest BCUT2D eigenvalue weighted by Crippen LogP contribution is 2.53. The molecule has 0 spiro atoms. The van der Waals surface area contributed by atoms with Crippen molar-refractivity contribution in [3.63, 3.8) is 0 Å². The number of hydrogen-bond donors (Lipinski definition) is 2. The average molecular weight is 276 g/mol. The molecule has 3 heteroatoms. The van der Waals surface area contributed by atoms with Gasteiger partial charge in [-0.15, -0.1) is 0 Å². The van der Waals surface area contributed by atoms with Gasteiger partial charge in [0.25, 0.3) is 0 Å². The highest BCUT2D eigenvalue weighted by Gasteiger charge is 2.48. The number of urea groups is 1. The van der Waals surface area contributed by atoms with E-state index in [9.17, 15) is 4.79 Å². The third-order valence-corrected chi connectivity index (χ3v) is 6.55. The minimum absolute atomic E-state index is 0.106. The summed E-state index contributed by atoms with van der Waals surface area (Å²) >= 11 is 0. The van der Waals surface area contributed by atoms with E-state index in [0.29, 0.717) is 6.04 Å². The molecule has 0 aliphatic heterocycles. The van der Waals surface area contributed by atoms with Crippen molar-refractivity contribution in [3.8, 4) is 0 Å². The fraction of sp³-hybridized carbons (Fsp3) is 0.941. The second kappa shape index (κ2) is 5.23. The summed E-state index contributed by atoms with van der Waals surface area (Å²) in [6, 6.07) is 0.584. The zero-order chi connectivity index (χ0) is 13.5. The molecule has 112 valence electrons. The standard InChI is InChI=1S/C17H28N2O/c20-17(18-10-11-3-1-2-4-11)19-16-14-6-12-5-13(8-14)9-15(16)7-12/h11-16H,1-10H2,(H2,18,19,20). The molecule has 0 atom stereocenters. The van der Waals surface area contributed by atoms with Crippen molar-refractivity contribution in [2.24, 2.45) is 29.6 Å². The Morgan fingerprint density at radius 3 is 2.10 bits per heavy atom. The zero-order valence-corrected chi connectivity index (χ0v) is 12.4. The van der Waals surface area contributed by atoms with Crippen LogP contribution in [0.3, 0.4) is 0 Å². The first-order chi connectivity index (χ1) is 9.78. The Kier molecular flexibility index (Phi) is 3.39. The number of carbonyl (C=O) groups is 1. The molecule has 5 saturated carbocycles. The first kappa shape index (κ1) is 13.0. The van der Waals surface area contributed by atoms with Gasteiger partial charge in [-0.1, -0.05) is 12.8 Å². The van der Waals surface area contributed by atoms with Gasteiger partial charge in [-0.25, -0.2) is 4.79 Å². The van der Waals surface area contributed by atoms with Gasteiger partial charge in [-0.2, -0.15) is 0 Å². The largest absolute Gasteiger partial charge is 0.338 e. The molecule has 0 unspecified atom stereocenters. The predicted octanol–water partition coefficient (Wildman–Crippen LogP) is 3.30. The maximum atomic E-state index is 12.2. The Morgan fingerprint density at radius 1 is 0.900 bits per heavy atom. The summed E-state index contributed by atoms with van der Waals surface area (Å²) in [7, 11) is 0. The molecule has 0 saturated heterocycles. The van der Waals surface area contributed by atoms with Crippen molar-refractivity contribution in [3.05, 3.63) is 0 Å². The van der Waals surface area contributed by atoms with Crippen LogP contribution >= 0.6 is 0 Å². The quantitative estimate of drug-likeness (QED) is 0.816. The van der Waals surface area contributed by atoms with Gasteiger partial charge >= 0.3 is 6.03 Å². The molecule has 2 amide bonds. The molecule has 2 N–H and O–H groups in total. The van der Waals surface area contributed by atoms with Crippen LogP contribution in [0.25, 0.3) is 0 Å². The number of rotatable bonds is 3. The third kappa shape index (κ3) is 2.44. The van der Waals surface area contributed by atoms with Crippen LogP contribution in [-0.2, 0) is 0 Å². The van der Waals surface area contributed by atoms with E-state index >= 15 is 0 Å². The fourth-order valence-corrected chi connectivity index (χ4v) is 5.81. The minimum atomic E-state index is 0.106. The smallest absolute Gasteiger partial charge is 0.315 e. The van der Waals surface area contributed by atoms with Gasteiger partial charge in [-0.05, 0) is 74.5 Å². The molecule has 0 aromatic heterocycles. The normalized spacial score (nSPS) is 42.9. The number of nitrogens with one attached hydrogen (secondary N) is 2. The lowest BCUT2D eigenvalue weighted by Gasteiger charge is -2.54. The fourth-order valence-electron chi connectivity index (χ4n) is 5.81. The van der Waals surface area contributed by atoms with E-state index in [2.05, 4.69) is 10.6 Å². The maximum absolute atomic E-state index is 12.2. The molecule has 4 bridgehead atoms. The lowest BCUT2D eigenvalue weighted by atomic mass is 9.54. The van der Waals surface area contributed by atoms with Gasteiger partial charge in [0.15, 0.2) is 0 Å². The third-order valence-electron chi connectivity index (χ3n) is 6.55. The minimum Gasteiger partial charge on any atom is -0.338 e. The van der Waals surface area contributed by atoms with Crippen LogP contribution in [-0.4, -0.2) is 18.6 Å². The Bertz CT molecular complexity index is 347. The SMILES string of the molecule is O=C(NCC1CCCC1)NC1C2CC3CC(C2)CC1C3. The molecule has 0 radical (unpaired) electrons. The monoisotopic (exact) mass is 276 g/mol. The number of amides is 2. The molecule has 5 rings (SSSR count). The summed E-state index contributed by atoms with van der Waals surface area (Å²) in [4.78, 5) is 12.2. The van der Waals surface area contributed by atoms with E-state index in [1.165, 1.54) is 57.8 Å². The maximum Gasteiger partial charge on any atom is 0.315 e. The Balaban J connectivity index is 1.29. The average Bonchev–Trinajstić information content (AvgIpc) is 2.93. The molecular formula is C17H28N2O. The van der Waals surface area contributed by atoms with Crippen LogP contribution in [0.5, 0.6) is 0 Å². The van der Waals surface area contributed by atoms with Crippen molar-refractivity contribution in [2.45, 2.75) is 63.8 Å². The number of carbonyl (C=O) groups excluding carboxylic acids is 1. The van der Waals surface area contributed by atoms with Gasteiger partial charge in [0.2, 0.25) is 0 Å². The van der Waals surface area contributed by atoms with Crippen molar-refractivity contribution in [1.29, 1.82) is 0 Å². The second-order valence-electron chi connectivity index (χ2n) is 7.96. The second-order valence-corrected chi connectivity index (χ2v) is 7.96. The van der Waals surface area contributed by atoms with Gasteiger partial charge in [0, 0.05) is 12.6 Å². The molecule has 5 aliphatic rings. The Labute approximate surface area is 122 Å². The molecule has 0 aromatic rings. The molecular weight excluding hydrogens is 248 g/mol. The van der Waals surface area contributed by atoms with Crippen LogP contribution in [0.2, 0.25) is 0 Å². The summed E-state index contributed by atoms with van der Waals surface area (Å²) in [6.45, 7) is 0.888. The van der Waals surface area contributed by atoms with Gasteiger partial charge in [0.05, 0.1) is 0 Å².